The van der Waals surface area contributed by atoms with Crippen LogP contribution >= 0.6 is 0 Å². The fourth-order valence-corrected chi connectivity index (χ4v) is 3.97. The smallest absolute Gasteiger partial charge is 0.287 e. The molecular weight excluding hydrogens is 420 g/mol. The Morgan fingerprint density at radius 2 is 1.73 bits per heavy atom. The zero-order valence-electron chi connectivity index (χ0n) is 18.7. The lowest BCUT2D eigenvalue weighted by Gasteiger charge is -2.32. The van der Waals surface area contributed by atoms with E-state index in [1.165, 1.54) is 6.26 Å². The molecule has 2 heterocycles. The van der Waals surface area contributed by atoms with Gasteiger partial charge < -0.3 is 24.1 Å². The fourth-order valence-electron chi connectivity index (χ4n) is 3.97. The van der Waals surface area contributed by atoms with Gasteiger partial charge >= 0.3 is 0 Å². The second-order valence-corrected chi connectivity index (χ2v) is 7.99. The van der Waals surface area contributed by atoms with Crippen LogP contribution in [0.1, 0.15) is 34.5 Å². The van der Waals surface area contributed by atoms with E-state index in [2.05, 4.69) is 5.32 Å². The summed E-state index contributed by atoms with van der Waals surface area (Å²) in [5.74, 6) is 1.52. The molecule has 7 heteroatoms. The van der Waals surface area contributed by atoms with Gasteiger partial charge in [0.2, 0.25) is 5.91 Å². The highest BCUT2D eigenvalue weighted by molar-refractivity contribution is 5.93. The van der Waals surface area contributed by atoms with Crippen LogP contribution in [-0.4, -0.2) is 43.0 Å². The van der Waals surface area contributed by atoms with Crippen molar-refractivity contribution in [2.75, 3.05) is 20.2 Å². The van der Waals surface area contributed by atoms with Gasteiger partial charge in [-0.25, -0.2) is 0 Å². The molecule has 0 saturated carbocycles. The van der Waals surface area contributed by atoms with Gasteiger partial charge in [-0.05, 0) is 37.1 Å². The molecule has 0 aliphatic carbocycles. The maximum atomic E-state index is 12.8. The van der Waals surface area contributed by atoms with E-state index >= 15 is 0 Å². The van der Waals surface area contributed by atoms with Crippen molar-refractivity contribution in [3.8, 4) is 11.5 Å². The van der Waals surface area contributed by atoms with Crippen molar-refractivity contribution in [3.63, 3.8) is 0 Å². The number of likely N-dealkylation sites (tertiary alicyclic amines) is 1. The lowest BCUT2D eigenvalue weighted by Crippen LogP contribution is -2.47. The molecular formula is C26H28N2O5. The summed E-state index contributed by atoms with van der Waals surface area (Å²) >= 11 is 0. The topological polar surface area (TPSA) is 81.0 Å². The Bertz CT molecular complexity index is 1070. The van der Waals surface area contributed by atoms with Crippen molar-refractivity contribution in [1.29, 1.82) is 0 Å². The third-order valence-corrected chi connectivity index (χ3v) is 5.81. The zero-order valence-corrected chi connectivity index (χ0v) is 18.7. The molecule has 1 fully saturated rings. The maximum Gasteiger partial charge on any atom is 0.287 e. The monoisotopic (exact) mass is 448 g/mol. The standard InChI is InChI=1S/C26H28N2O5/c1-31-23-10-6-5-7-19(23)17-24(29)28-14-11-21(12-15-28)27-26(30)25-20(13-16-32-25)18-33-22-8-3-2-4-9-22/h2-10,13,16,21H,11-12,14-15,17-18H2,1H3,(H,27,30). The predicted octanol–water partition coefficient (Wildman–Crippen LogP) is 3.83. The van der Waals surface area contributed by atoms with Gasteiger partial charge in [0.15, 0.2) is 5.76 Å². The summed E-state index contributed by atoms with van der Waals surface area (Å²) in [6.07, 6.45) is 3.19. The van der Waals surface area contributed by atoms with Crippen LogP contribution in [0.15, 0.2) is 71.3 Å². The minimum absolute atomic E-state index is 0.0131. The quantitative estimate of drug-likeness (QED) is 0.567. The first-order chi connectivity index (χ1) is 16.1. The van der Waals surface area contributed by atoms with E-state index in [1.54, 1.807) is 13.2 Å². The van der Waals surface area contributed by atoms with E-state index in [0.717, 1.165) is 17.1 Å². The molecule has 1 aromatic heterocycles. The van der Waals surface area contributed by atoms with E-state index in [0.29, 0.717) is 37.9 Å². The van der Waals surface area contributed by atoms with E-state index < -0.39 is 0 Å². The number of amides is 2. The number of carbonyl (C=O) groups excluding carboxylic acids is 2. The Morgan fingerprint density at radius 1 is 1.00 bits per heavy atom. The van der Waals surface area contributed by atoms with E-state index in [1.807, 2.05) is 59.5 Å². The number of rotatable bonds is 8. The summed E-state index contributed by atoms with van der Waals surface area (Å²) in [5.41, 5.74) is 1.57. The Kier molecular flexibility index (Phi) is 7.29. The van der Waals surface area contributed by atoms with Gasteiger partial charge in [0.25, 0.3) is 5.91 Å². The number of piperidine rings is 1. The van der Waals surface area contributed by atoms with E-state index in [4.69, 9.17) is 13.9 Å². The lowest BCUT2D eigenvalue weighted by atomic mass is 10.0. The molecule has 0 bridgehead atoms. The number of benzene rings is 2. The molecule has 1 aliphatic rings. The molecule has 1 N–H and O–H groups in total. The molecule has 2 amide bonds. The maximum absolute atomic E-state index is 12.8. The average molecular weight is 449 g/mol. The minimum Gasteiger partial charge on any atom is -0.496 e. The number of hydrogen-bond acceptors (Lipinski definition) is 5. The molecule has 3 aromatic rings. The predicted molar refractivity (Wildman–Crippen MR) is 123 cm³/mol. The highest BCUT2D eigenvalue weighted by Crippen LogP contribution is 2.21. The first kappa shape index (κ1) is 22.5. The number of furan rings is 1. The van der Waals surface area contributed by atoms with E-state index in [-0.39, 0.29) is 30.2 Å². The molecule has 4 rings (SSSR count). The van der Waals surface area contributed by atoms with Crippen LogP contribution in [-0.2, 0) is 17.8 Å². The van der Waals surface area contributed by atoms with E-state index in [9.17, 15) is 9.59 Å². The second-order valence-electron chi connectivity index (χ2n) is 7.99. The summed E-state index contributed by atoms with van der Waals surface area (Å²) in [6.45, 7) is 1.45. The van der Waals surface area contributed by atoms with Gasteiger partial charge in [0, 0.05) is 30.3 Å². The third-order valence-electron chi connectivity index (χ3n) is 5.81. The van der Waals surface area contributed by atoms with Crippen LogP contribution in [0.3, 0.4) is 0 Å². The summed E-state index contributed by atoms with van der Waals surface area (Å²) in [4.78, 5) is 27.4. The normalized spacial score (nSPS) is 14.0. The SMILES string of the molecule is COc1ccccc1CC(=O)N1CCC(NC(=O)c2occc2COc2ccccc2)CC1. The largest absolute Gasteiger partial charge is 0.496 e. The molecule has 1 saturated heterocycles. The van der Waals surface area contributed by atoms with Crippen molar-refractivity contribution in [2.45, 2.75) is 31.9 Å². The number of nitrogens with zero attached hydrogens (tertiary/aromatic N) is 1. The van der Waals surface area contributed by atoms with Crippen LogP contribution in [0.5, 0.6) is 11.5 Å². The molecule has 1 aliphatic heterocycles. The molecule has 33 heavy (non-hydrogen) atoms. The highest BCUT2D eigenvalue weighted by atomic mass is 16.5. The molecule has 7 nitrogen and oxygen atoms in total. The van der Waals surface area contributed by atoms with Gasteiger partial charge in [0.05, 0.1) is 19.8 Å². The van der Waals surface area contributed by atoms with Crippen LogP contribution in [0.2, 0.25) is 0 Å². The molecule has 0 atom stereocenters. The second kappa shape index (κ2) is 10.7. The third kappa shape index (κ3) is 5.74. The van der Waals surface area contributed by atoms with Crippen molar-refractivity contribution >= 4 is 11.8 Å². The van der Waals surface area contributed by atoms with Gasteiger partial charge in [-0.1, -0.05) is 36.4 Å². The Balaban J connectivity index is 1.27. The van der Waals surface area contributed by atoms with Crippen molar-refractivity contribution in [2.24, 2.45) is 0 Å². The summed E-state index contributed by atoms with van der Waals surface area (Å²) in [5, 5.41) is 3.04. The first-order valence-corrected chi connectivity index (χ1v) is 11.1. The first-order valence-electron chi connectivity index (χ1n) is 11.1. The summed E-state index contributed by atoms with van der Waals surface area (Å²) in [7, 11) is 1.61. The molecule has 2 aromatic carbocycles. The number of nitrogens with one attached hydrogen (secondary N) is 1. The molecule has 0 unspecified atom stereocenters. The fraction of sp³-hybridized carbons (Fsp3) is 0.308. The van der Waals surface area contributed by atoms with Gasteiger partial charge in [-0.3, -0.25) is 9.59 Å². The summed E-state index contributed by atoms with van der Waals surface area (Å²) < 4.78 is 16.5. The number of para-hydroxylation sites is 2. The number of carbonyl (C=O) groups is 2. The number of methoxy groups -OCH3 is 1. The Morgan fingerprint density at radius 3 is 2.48 bits per heavy atom. The molecule has 0 spiro atoms. The minimum atomic E-state index is -0.259. The van der Waals surface area contributed by atoms with Crippen molar-refractivity contribution in [3.05, 3.63) is 83.8 Å². The average Bonchev–Trinajstić information content (AvgIpc) is 3.33. The number of hydrogen-bond donors (Lipinski definition) is 1. The lowest BCUT2D eigenvalue weighted by molar-refractivity contribution is -0.131. The van der Waals surface area contributed by atoms with Crippen LogP contribution in [0, 0.1) is 0 Å². The van der Waals surface area contributed by atoms with Crippen molar-refractivity contribution < 1.29 is 23.5 Å². The van der Waals surface area contributed by atoms with Crippen LogP contribution in [0.25, 0.3) is 0 Å². The van der Waals surface area contributed by atoms with Crippen LogP contribution < -0.4 is 14.8 Å². The highest BCUT2D eigenvalue weighted by Gasteiger charge is 2.26. The zero-order chi connectivity index (χ0) is 23.0. The van der Waals surface area contributed by atoms with Gasteiger partial charge in [-0.15, -0.1) is 0 Å². The Labute approximate surface area is 193 Å². The Hall–Kier alpha value is -3.74. The van der Waals surface area contributed by atoms with Gasteiger partial charge in [0.1, 0.15) is 18.1 Å². The molecule has 172 valence electrons. The molecule has 0 radical (unpaired) electrons. The van der Waals surface area contributed by atoms with Crippen LogP contribution in [0.4, 0.5) is 0 Å². The van der Waals surface area contributed by atoms with Crippen molar-refractivity contribution in [1.82, 2.24) is 10.2 Å². The van der Waals surface area contributed by atoms with Gasteiger partial charge in [-0.2, -0.15) is 0 Å². The summed E-state index contributed by atoms with van der Waals surface area (Å²) in [6, 6.07) is 18.7. The number of ether oxygens (including phenoxy) is 2.